The van der Waals surface area contributed by atoms with E-state index in [2.05, 4.69) is 12.2 Å². The summed E-state index contributed by atoms with van der Waals surface area (Å²) in [5.74, 6) is 0. The molecule has 1 fully saturated rings. The molecule has 1 rings (SSSR count). The van der Waals surface area contributed by atoms with Crippen LogP contribution in [0.4, 0.5) is 0 Å². The Kier molecular flexibility index (Phi) is 6.28. The van der Waals surface area contributed by atoms with Gasteiger partial charge in [0.05, 0.1) is 12.7 Å². The van der Waals surface area contributed by atoms with Crippen molar-refractivity contribution in [2.45, 2.75) is 44.2 Å². The maximum Gasteiger partial charge on any atom is 0.0699 e. The van der Waals surface area contributed by atoms with Gasteiger partial charge in [-0.3, -0.25) is 0 Å². The van der Waals surface area contributed by atoms with Crippen LogP contribution in [0.5, 0.6) is 0 Å². The lowest BCUT2D eigenvalue weighted by Gasteiger charge is -2.32. The fourth-order valence-corrected chi connectivity index (χ4v) is 2.11. The Morgan fingerprint density at radius 2 is 2.31 bits per heavy atom. The fraction of sp³-hybridized carbons (Fsp3) is 1.00. The largest absolute Gasteiger partial charge is 0.396 e. The highest BCUT2D eigenvalue weighted by Crippen LogP contribution is 2.14. The Morgan fingerprint density at radius 3 is 2.88 bits per heavy atom. The van der Waals surface area contributed by atoms with E-state index in [-0.39, 0.29) is 12.1 Å². The predicted octanol–water partition coefficient (Wildman–Crippen LogP) is 0.933. The van der Waals surface area contributed by atoms with Gasteiger partial charge in [0.2, 0.25) is 0 Å². The number of aliphatic hydroxyl groups excluding tert-OH is 1. The first-order valence-electron chi connectivity index (χ1n) is 6.16. The molecule has 1 saturated heterocycles. The van der Waals surface area contributed by atoms with Gasteiger partial charge in [-0.15, -0.1) is 0 Å². The van der Waals surface area contributed by atoms with Gasteiger partial charge in [0, 0.05) is 32.4 Å². The van der Waals surface area contributed by atoms with Gasteiger partial charge in [0.1, 0.15) is 0 Å². The average Bonchev–Trinajstić information content (AvgIpc) is 2.29. The highest BCUT2D eigenvalue weighted by molar-refractivity contribution is 4.84. The standard InChI is InChI=1S/C12H25NO3/c1-12(6-7-14,10-15-2)13-9-11-5-3-4-8-16-11/h11,13-14H,3-10H2,1-2H3. The zero-order chi connectivity index (χ0) is 11.9. The molecule has 2 unspecified atom stereocenters. The van der Waals surface area contributed by atoms with Crippen LogP contribution in [0.1, 0.15) is 32.6 Å². The molecule has 1 aliphatic rings. The van der Waals surface area contributed by atoms with Gasteiger partial charge >= 0.3 is 0 Å². The molecule has 2 atom stereocenters. The van der Waals surface area contributed by atoms with Crippen LogP contribution in [0.25, 0.3) is 0 Å². The summed E-state index contributed by atoms with van der Waals surface area (Å²) in [4.78, 5) is 0. The molecular formula is C12H25NO3. The van der Waals surface area contributed by atoms with Crippen molar-refractivity contribution >= 4 is 0 Å². The SMILES string of the molecule is COCC(C)(CCO)NCC1CCCCO1. The van der Waals surface area contributed by atoms with Gasteiger partial charge in [-0.1, -0.05) is 0 Å². The van der Waals surface area contributed by atoms with E-state index in [9.17, 15) is 0 Å². The molecule has 96 valence electrons. The summed E-state index contributed by atoms with van der Waals surface area (Å²) in [6, 6.07) is 0. The molecular weight excluding hydrogens is 206 g/mol. The molecule has 0 aliphatic carbocycles. The summed E-state index contributed by atoms with van der Waals surface area (Å²) < 4.78 is 10.8. The summed E-state index contributed by atoms with van der Waals surface area (Å²) in [5.41, 5.74) is -0.149. The van der Waals surface area contributed by atoms with Crippen LogP contribution < -0.4 is 5.32 Å². The zero-order valence-electron chi connectivity index (χ0n) is 10.5. The minimum atomic E-state index is -0.149. The lowest BCUT2D eigenvalue weighted by Crippen LogP contribution is -2.50. The minimum Gasteiger partial charge on any atom is -0.396 e. The molecule has 2 N–H and O–H groups in total. The molecule has 16 heavy (non-hydrogen) atoms. The number of methoxy groups -OCH3 is 1. The molecule has 4 heteroatoms. The first kappa shape index (κ1) is 13.9. The van der Waals surface area contributed by atoms with Crippen LogP contribution >= 0.6 is 0 Å². The van der Waals surface area contributed by atoms with Crippen molar-refractivity contribution in [2.75, 3.05) is 33.5 Å². The number of nitrogens with one attached hydrogen (secondary N) is 1. The molecule has 0 aromatic rings. The van der Waals surface area contributed by atoms with E-state index >= 15 is 0 Å². The van der Waals surface area contributed by atoms with Crippen molar-refractivity contribution in [1.82, 2.24) is 5.32 Å². The number of ether oxygens (including phenoxy) is 2. The third-order valence-corrected chi connectivity index (χ3v) is 3.16. The Morgan fingerprint density at radius 1 is 1.50 bits per heavy atom. The van der Waals surface area contributed by atoms with E-state index in [4.69, 9.17) is 14.6 Å². The average molecular weight is 231 g/mol. The van der Waals surface area contributed by atoms with Crippen LogP contribution in [-0.4, -0.2) is 50.2 Å². The van der Waals surface area contributed by atoms with Gasteiger partial charge in [0.15, 0.2) is 0 Å². The molecule has 4 nitrogen and oxygen atoms in total. The molecule has 0 aromatic carbocycles. The zero-order valence-corrected chi connectivity index (χ0v) is 10.5. The normalized spacial score (nSPS) is 25.3. The van der Waals surface area contributed by atoms with E-state index in [0.29, 0.717) is 19.1 Å². The van der Waals surface area contributed by atoms with E-state index in [1.54, 1.807) is 7.11 Å². The van der Waals surface area contributed by atoms with Gasteiger partial charge in [-0.25, -0.2) is 0 Å². The predicted molar refractivity (Wildman–Crippen MR) is 63.6 cm³/mol. The smallest absolute Gasteiger partial charge is 0.0699 e. The number of hydrogen-bond acceptors (Lipinski definition) is 4. The van der Waals surface area contributed by atoms with Crippen LogP contribution in [0.2, 0.25) is 0 Å². The molecule has 0 spiro atoms. The molecule has 1 heterocycles. The quantitative estimate of drug-likeness (QED) is 0.684. The second-order valence-electron chi connectivity index (χ2n) is 4.84. The van der Waals surface area contributed by atoms with Crippen molar-refractivity contribution in [3.05, 3.63) is 0 Å². The molecule has 0 saturated carbocycles. The summed E-state index contributed by atoms with van der Waals surface area (Å²) in [6.45, 7) is 4.60. The Balaban J connectivity index is 2.30. The van der Waals surface area contributed by atoms with Crippen molar-refractivity contribution in [2.24, 2.45) is 0 Å². The number of aliphatic hydroxyl groups is 1. The Hall–Kier alpha value is -0.160. The van der Waals surface area contributed by atoms with Crippen molar-refractivity contribution < 1.29 is 14.6 Å². The van der Waals surface area contributed by atoms with Crippen molar-refractivity contribution in [3.8, 4) is 0 Å². The Bertz CT molecular complexity index is 175. The highest BCUT2D eigenvalue weighted by Gasteiger charge is 2.25. The topological polar surface area (TPSA) is 50.7 Å². The van der Waals surface area contributed by atoms with Gasteiger partial charge in [-0.2, -0.15) is 0 Å². The third-order valence-electron chi connectivity index (χ3n) is 3.16. The second-order valence-corrected chi connectivity index (χ2v) is 4.84. The lowest BCUT2D eigenvalue weighted by atomic mass is 9.98. The van der Waals surface area contributed by atoms with E-state index in [1.165, 1.54) is 12.8 Å². The minimum absolute atomic E-state index is 0.149. The highest BCUT2D eigenvalue weighted by atomic mass is 16.5. The van der Waals surface area contributed by atoms with Crippen LogP contribution in [0.3, 0.4) is 0 Å². The summed E-state index contributed by atoms with van der Waals surface area (Å²) >= 11 is 0. The van der Waals surface area contributed by atoms with E-state index < -0.39 is 0 Å². The van der Waals surface area contributed by atoms with Crippen LogP contribution in [-0.2, 0) is 9.47 Å². The molecule has 0 aromatic heterocycles. The molecule has 1 aliphatic heterocycles. The Labute approximate surface area is 98.3 Å². The summed E-state index contributed by atoms with van der Waals surface area (Å²) in [5, 5.41) is 12.5. The monoisotopic (exact) mass is 231 g/mol. The lowest BCUT2D eigenvalue weighted by molar-refractivity contribution is 0.00602. The maximum atomic E-state index is 9.04. The van der Waals surface area contributed by atoms with E-state index in [1.807, 2.05) is 0 Å². The van der Waals surface area contributed by atoms with Crippen LogP contribution in [0.15, 0.2) is 0 Å². The molecule has 0 bridgehead atoms. The van der Waals surface area contributed by atoms with Crippen molar-refractivity contribution in [1.29, 1.82) is 0 Å². The maximum absolute atomic E-state index is 9.04. The summed E-state index contributed by atoms with van der Waals surface area (Å²) in [6.07, 6.45) is 4.60. The van der Waals surface area contributed by atoms with Gasteiger partial charge < -0.3 is 19.9 Å². The van der Waals surface area contributed by atoms with Crippen LogP contribution in [0, 0.1) is 0 Å². The third kappa shape index (κ3) is 4.78. The van der Waals surface area contributed by atoms with Gasteiger partial charge in [0.25, 0.3) is 0 Å². The van der Waals surface area contributed by atoms with Crippen molar-refractivity contribution in [3.63, 3.8) is 0 Å². The van der Waals surface area contributed by atoms with E-state index in [0.717, 1.165) is 19.6 Å². The first-order chi connectivity index (χ1) is 7.70. The molecule has 0 radical (unpaired) electrons. The fourth-order valence-electron chi connectivity index (χ4n) is 2.11. The first-order valence-corrected chi connectivity index (χ1v) is 6.16. The summed E-state index contributed by atoms with van der Waals surface area (Å²) in [7, 11) is 1.69. The number of rotatable bonds is 7. The van der Waals surface area contributed by atoms with Gasteiger partial charge in [-0.05, 0) is 32.6 Å². The molecule has 0 amide bonds. The number of hydrogen-bond donors (Lipinski definition) is 2. The second kappa shape index (κ2) is 7.22.